The topological polar surface area (TPSA) is 32.3 Å². The predicted octanol–water partition coefficient (Wildman–Crippen LogP) is 1.73. The maximum atomic E-state index is 11.8. The van der Waals surface area contributed by atoms with Gasteiger partial charge in [0.25, 0.3) is 0 Å². The van der Waals surface area contributed by atoms with Gasteiger partial charge in [0.05, 0.1) is 6.04 Å². The summed E-state index contributed by atoms with van der Waals surface area (Å²) in [6, 6.07) is 0.440. The lowest BCUT2D eigenvalue weighted by atomic mass is 9.94. The molecule has 0 aromatic heterocycles. The molecule has 16 heavy (non-hydrogen) atoms. The molecule has 0 aromatic rings. The van der Waals surface area contributed by atoms with Crippen molar-refractivity contribution in [2.75, 3.05) is 20.4 Å². The van der Waals surface area contributed by atoms with Crippen LogP contribution >= 0.6 is 11.8 Å². The molecule has 1 N–H and O–H groups in total. The highest BCUT2D eigenvalue weighted by atomic mass is 32.2. The molecule has 0 aromatic carbocycles. The summed E-state index contributed by atoms with van der Waals surface area (Å²) in [5.74, 6) is 0.172. The van der Waals surface area contributed by atoms with Crippen LogP contribution in [0.3, 0.4) is 0 Å². The van der Waals surface area contributed by atoms with Crippen molar-refractivity contribution in [2.45, 2.75) is 49.9 Å². The summed E-state index contributed by atoms with van der Waals surface area (Å²) < 4.78 is 0. The summed E-state index contributed by atoms with van der Waals surface area (Å²) in [7, 11) is 3.63. The van der Waals surface area contributed by atoms with Crippen LogP contribution in [0.1, 0.15) is 32.6 Å². The molecule has 0 heterocycles. The van der Waals surface area contributed by atoms with E-state index in [-0.39, 0.29) is 11.9 Å². The molecule has 1 rings (SSSR count). The number of hydrogen-bond donors (Lipinski definition) is 1. The van der Waals surface area contributed by atoms with Crippen LogP contribution in [0, 0.1) is 0 Å². The molecule has 3 atom stereocenters. The highest BCUT2D eigenvalue weighted by Crippen LogP contribution is 2.27. The average Bonchev–Trinajstić information content (AvgIpc) is 2.28. The highest BCUT2D eigenvalue weighted by Gasteiger charge is 2.27. The first-order chi connectivity index (χ1) is 7.56. The first-order valence-electron chi connectivity index (χ1n) is 6.06. The molecule has 0 bridgehead atoms. The van der Waals surface area contributed by atoms with Gasteiger partial charge in [-0.1, -0.05) is 12.8 Å². The van der Waals surface area contributed by atoms with Crippen molar-refractivity contribution >= 4 is 17.7 Å². The largest absolute Gasteiger partial charge is 0.347 e. The monoisotopic (exact) mass is 244 g/mol. The van der Waals surface area contributed by atoms with E-state index in [9.17, 15) is 4.79 Å². The molecule has 3 nitrogen and oxygen atoms in total. The molecule has 1 fully saturated rings. The fraction of sp³-hybridized carbons (Fsp3) is 0.917. The second-order valence-electron chi connectivity index (χ2n) is 4.79. The Hall–Kier alpha value is -0.220. The minimum atomic E-state index is -0.0623. The zero-order chi connectivity index (χ0) is 12.1. The van der Waals surface area contributed by atoms with E-state index in [1.807, 2.05) is 32.8 Å². The Morgan fingerprint density at radius 3 is 2.56 bits per heavy atom. The summed E-state index contributed by atoms with van der Waals surface area (Å²) in [5, 5.41) is 4.16. The Bertz CT molecular complexity index is 233. The number of hydrogen-bond acceptors (Lipinski definition) is 3. The van der Waals surface area contributed by atoms with Gasteiger partial charge in [-0.05, 0) is 26.0 Å². The van der Waals surface area contributed by atoms with E-state index < -0.39 is 0 Å². The fourth-order valence-electron chi connectivity index (χ4n) is 2.35. The van der Waals surface area contributed by atoms with Gasteiger partial charge in [-0.25, -0.2) is 0 Å². The van der Waals surface area contributed by atoms with Crippen molar-refractivity contribution in [3.05, 3.63) is 0 Å². The van der Waals surface area contributed by atoms with E-state index in [2.05, 4.69) is 11.6 Å². The van der Waals surface area contributed by atoms with Gasteiger partial charge in [-0.2, -0.15) is 11.8 Å². The minimum Gasteiger partial charge on any atom is -0.347 e. The van der Waals surface area contributed by atoms with Crippen LogP contribution in [0.4, 0.5) is 0 Å². The number of nitrogens with zero attached hydrogens (tertiary/aromatic N) is 1. The maximum Gasteiger partial charge on any atom is 0.238 e. The Kier molecular flexibility index (Phi) is 5.62. The molecule has 3 unspecified atom stereocenters. The summed E-state index contributed by atoms with van der Waals surface area (Å²) >= 11 is 1.93. The Morgan fingerprint density at radius 2 is 2.00 bits per heavy atom. The van der Waals surface area contributed by atoms with Crippen LogP contribution in [-0.4, -0.2) is 48.5 Å². The Morgan fingerprint density at radius 1 is 1.38 bits per heavy atom. The van der Waals surface area contributed by atoms with E-state index in [0.717, 1.165) is 0 Å². The van der Waals surface area contributed by atoms with E-state index in [1.54, 1.807) is 4.90 Å². The van der Waals surface area contributed by atoms with Crippen molar-refractivity contribution in [3.63, 3.8) is 0 Å². The van der Waals surface area contributed by atoms with E-state index in [0.29, 0.717) is 11.3 Å². The summed E-state index contributed by atoms with van der Waals surface area (Å²) in [6.07, 6.45) is 7.28. The second kappa shape index (κ2) is 6.50. The summed E-state index contributed by atoms with van der Waals surface area (Å²) in [4.78, 5) is 13.4. The number of thioether (sulfide) groups is 1. The van der Waals surface area contributed by atoms with E-state index in [1.165, 1.54) is 25.7 Å². The SMILES string of the molecule is CSC1CCCCC1NC(C)C(=O)N(C)C. The van der Waals surface area contributed by atoms with Crippen molar-refractivity contribution in [3.8, 4) is 0 Å². The van der Waals surface area contributed by atoms with Crippen molar-refractivity contribution in [1.82, 2.24) is 10.2 Å². The zero-order valence-corrected chi connectivity index (χ0v) is 11.6. The smallest absolute Gasteiger partial charge is 0.238 e. The van der Waals surface area contributed by atoms with Crippen LogP contribution in [-0.2, 0) is 4.79 Å². The molecule has 0 aliphatic heterocycles. The molecular weight excluding hydrogens is 220 g/mol. The number of carbonyl (C=O) groups excluding carboxylic acids is 1. The van der Waals surface area contributed by atoms with Gasteiger partial charge in [0.2, 0.25) is 5.91 Å². The molecule has 1 amide bonds. The lowest BCUT2D eigenvalue weighted by Gasteiger charge is -2.33. The van der Waals surface area contributed by atoms with Crippen LogP contribution in [0.15, 0.2) is 0 Å². The molecular formula is C12H24N2OS. The molecule has 1 aliphatic carbocycles. The standard InChI is InChI=1S/C12H24N2OS/c1-9(12(15)14(2)3)13-10-7-5-6-8-11(10)16-4/h9-11,13H,5-8H2,1-4H3. The van der Waals surface area contributed by atoms with Crippen LogP contribution in [0.2, 0.25) is 0 Å². The van der Waals surface area contributed by atoms with Gasteiger partial charge in [-0.15, -0.1) is 0 Å². The van der Waals surface area contributed by atoms with Crippen LogP contribution in [0.25, 0.3) is 0 Å². The highest BCUT2D eigenvalue weighted by molar-refractivity contribution is 7.99. The molecule has 0 radical (unpaired) electrons. The van der Waals surface area contributed by atoms with E-state index >= 15 is 0 Å². The third-order valence-corrected chi connectivity index (χ3v) is 4.45. The van der Waals surface area contributed by atoms with Crippen molar-refractivity contribution in [2.24, 2.45) is 0 Å². The van der Waals surface area contributed by atoms with Gasteiger partial charge in [0.1, 0.15) is 0 Å². The minimum absolute atomic E-state index is 0.0623. The van der Waals surface area contributed by atoms with Crippen LogP contribution < -0.4 is 5.32 Å². The first-order valence-corrected chi connectivity index (χ1v) is 7.35. The quantitative estimate of drug-likeness (QED) is 0.817. The van der Waals surface area contributed by atoms with E-state index in [4.69, 9.17) is 0 Å². The van der Waals surface area contributed by atoms with Gasteiger partial charge < -0.3 is 10.2 Å². The van der Waals surface area contributed by atoms with Gasteiger partial charge in [-0.3, -0.25) is 4.79 Å². The normalized spacial score (nSPS) is 27.5. The third kappa shape index (κ3) is 3.67. The Balaban J connectivity index is 2.47. The van der Waals surface area contributed by atoms with Gasteiger partial charge in [0.15, 0.2) is 0 Å². The number of amides is 1. The van der Waals surface area contributed by atoms with Crippen molar-refractivity contribution in [1.29, 1.82) is 0 Å². The predicted molar refractivity (Wildman–Crippen MR) is 70.9 cm³/mol. The number of carbonyl (C=O) groups is 1. The lowest BCUT2D eigenvalue weighted by Crippen LogP contribution is -2.50. The Labute approximate surface area is 103 Å². The van der Waals surface area contributed by atoms with Crippen LogP contribution in [0.5, 0.6) is 0 Å². The maximum absolute atomic E-state index is 11.8. The third-order valence-electron chi connectivity index (χ3n) is 3.28. The molecule has 1 aliphatic rings. The molecule has 1 saturated carbocycles. The second-order valence-corrected chi connectivity index (χ2v) is 5.86. The number of rotatable bonds is 4. The number of likely N-dealkylation sites (N-methyl/N-ethyl adjacent to an activating group) is 1. The van der Waals surface area contributed by atoms with Crippen molar-refractivity contribution < 1.29 is 4.79 Å². The molecule has 0 spiro atoms. The molecule has 4 heteroatoms. The lowest BCUT2D eigenvalue weighted by molar-refractivity contribution is -0.130. The average molecular weight is 244 g/mol. The molecule has 94 valence electrons. The number of nitrogens with one attached hydrogen (secondary N) is 1. The fourth-order valence-corrected chi connectivity index (χ4v) is 3.29. The zero-order valence-electron chi connectivity index (χ0n) is 10.8. The van der Waals surface area contributed by atoms with Gasteiger partial charge in [0, 0.05) is 25.4 Å². The summed E-state index contributed by atoms with van der Waals surface area (Å²) in [5.41, 5.74) is 0. The van der Waals surface area contributed by atoms with Gasteiger partial charge >= 0.3 is 0 Å². The first kappa shape index (κ1) is 13.8. The summed E-state index contributed by atoms with van der Waals surface area (Å²) in [6.45, 7) is 1.97. The molecule has 0 saturated heterocycles.